The molecule has 2 atom stereocenters. The maximum Gasteiger partial charge on any atom is 0.123 e. The molecule has 0 aliphatic rings. The number of aryl methyl sites for hydroxylation is 1. The third kappa shape index (κ3) is 4.39. The van der Waals surface area contributed by atoms with Crippen LogP contribution in [0.2, 0.25) is 0 Å². The van der Waals surface area contributed by atoms with E-state index in [1.807, 2.05) is 13.0 Å². The first kappa shape index (κ1) is 15.1. The molecular weight excluding hydrogens is 229 g/mol. The Morgan fingerprint density at radius 3 is 2.67 bits per heavy atom. The molecule has 0 saturated heterocycles. The van der Waals surface area contributed by atoms with Crippen LogP contribution in [0.15, 0.2) is 18.2 Å². The summed E-state index contributed by atoms with van der Waals surface area (Å²) in [5, 5.41) is 3.51. The van der Waals surface area contributed by atoms with Gasteiger partial charge in [0.1, 0.15) is 5.82 Å². The molecule has 102 valence electrons. The lowest BCUT2D eigenvalue weighted by Gasteiger charge is -2.23. The first-order valence-corrected chi connectivity index (χ1v) is 6.60. The van der Waals surface area contributed by atoms with Crippen molar-refractivity contribution in [2.75, 3.05) is 13.7 Å². The van der Waals surface area contributed by atoms with Gasteiger partial charge in [-0.05, 0) is 56.5 Å². The molecule has 0 spiro atoms. The molecule has 3 heteroatoms. The van der Waals surface area contributed by atoms with Crippen LogP contribution in [-0.2, 0) is 4.74 Å². The monoisotopic (exact) mass is 253 g/mol. The highest BCUT2D eigenvalue weighted by molar-refractivity contribution is 5.29. The number of nitrogens with one attached hydrogen (secondary N) is 1. The zero-order valence-electron chi connectivity index (χ0n) is 11.8. The molecule has 0 heterocycles. The standard InChI is InChI=1S/C15H24FNO/c1-5-8-17-15(10-12(3)18-4)14-7-6-13(16)9-11(14)2/h6-7,9,12,15,17H,5,8,10H2,1-4H3. The van der Waals surface area contributed by atoms with Crippen molar-refractivity contribution in [1.82, 2.24) is 5.32 Å². The zero-order valence-corrected chi connectivity index (χ0v) is 11.8. The van der Waals surface area contributed by atoms with Crippen LogP contribution in [0.3, 0.4) is 0 Å². The zero-order chi connectivity index (χ0) is 13.5. The highest BCUT2D eigenvalue weighted by Gasteiger charge is 2.16. The molecule has 0 saturated carbocycles. The fourth-order valence-corrected chi connectivity index (χ4v) is 2.10. The van der Waals surface area contributed by atoms with E-state index in [1.165, 1.54) is 6.07 Å². The highest BCUT2D eigenvalue weighted by atomic mass is 19.1. The first-order valence-electron chi connectivity index (χ1n) is 6.60. The molecule has 0 radical (unpaired) electrons. The summed E-state index contributed by atoms with van der Waals surface area (Å²) in [6.07, 6.45) is 2.16. The van der Waals surface area contributed by atoms with Crippen LogP contribution in [0.5, 0.6) is 0 Å². The van der Waals surface area contributed by atoms with Crippen molar-refractivity contribution in [2.45, 2.75) is 45.8 Å². The third-order valence-electron chi connectivity index (χ3n) is 3.22. The Bertz CT molecular complexity index is 368. The fourth-order valence-electron chi connectivity index (χ4n) is 2.10. The highest BCUT2D eigenvalue weighted by Crippen LogP contribution is 2.23. The predicted octanol–water partition coefficient (Wildman–Crippen LogP) is 3.60. The van der Waals surface area contributed by atoms with Gasteiger partial charge >= 0.3 is 0 Å². The van der Waals surface area contributed by atoms with Crippen molar-refractivity contribution in [3.05, 3.63) is 35.1 Å². The molecule has 18 heavy (non-hydrogen) atoms. The van der Waals surface area contributed by atoms with E-state index in [4.69, 9.17) is 4.74 Å². The second kappa shape index (κ2) is 7.49. The number of ether oxygens (including phenoxy) is 1. The summed E-state index contributed by atoms with van der Waals surface area (Å²) in [7, 11) is 1.72. The average Bonchev–Trinajstić information content (AvgIpc) is 2.34. The summed E-state index contributed by atoms with van der Waals surface area (Å²) >= 11 is 0. The second-order valence-electron chi connectivity index (χ2n) is 4.79. The second-order valence-corrected chi connectivity index (χ2v) is 4.79. The lowest BCUT2D eigenvalue weighted by molar-refractivity contribution is 0.100. The van der Waals surface area contributed by atoms with Crippen molar-refractivity contribution in [3.8, 4) is 0 Å². The van der Waals surface area contributed by atoms with E-state index in [2.05, 4.69) is 19.2 Å². The van der Waals surface area contributed by atoms with E-state index in [1.54, 1.807) is 13.2 Å². The van der Waals surface area contributed by atoms with Crippen molar-refractivity contribution in [1.29, 1.82) is 0 Å². The van der Waals surface area contributed by atoms with Crippen molar-refractivity contribution >= 4 is 0 Å². The van der Waals surface area contributed by atoms with Gasteiger partial charge in [0.2, 0.25) is 0 Å². The summed E-state index contributed by atoms with van der Waals surface area (Å²) < 4.78 is 18.5. The Hall–Kier alpha value is -0.930. The Morgan fingerprint density at radius 1 is 1.39 bits per heavy atom. The molecule has 0 aromatic heterocycles. The van der Waals surface area contributed by atoms with E-state index in [0.29, 0.717) is 0 Å². The Kier molecular flexibility index (Phi) is 6.30. The average molecular weight is 253 g/mol. The number of hydrogen-bond acceptors (Lipinski definition) is 2. The molecule has 0 aliphatic heterocycles. The van der Waals surface area contributed by atoms with E-state index in [0.717, 1.165) is 30.5 Å². The van der Waals surface area contributed by atoms with Gasteiger partial charge < -0.3 is 10.1 Å². The smallest absolute Gasteiger partial charge is 0.123 e. The van der Waals surface area contributed by atoms with Gasteiger partial charge in [-0.15, -0.1) is 0 Å². The van der Waals surface area contributed by atoms with E-state index in [-0.39, 0.29) is 18.0 Å². The molecule has 2 unspecified atom stereocenters. The first-order chi connectivity index (χ1) is 8.58. The van der Waals surface area contributed by atoms with Crippen LogP contribution < -0.4 is 5.32 Å². The topological polar surface area (TPSA) is 21.3 Å². The number of rotatable bonds is 7. The fraction of sp³-hybridized carbons (Fsp3) is 0.600. The van der Waals surface area contributed by atoms with Crippen molar-refractivity contribution in [3.63, 3.8) is 0 Å². The molecular formula is C15H24FNO. The largest absolute Gasteiger partial charge is 0.382 e. The number of hydrogen-bond donors (Lipinski definition) is 1. The summed E-state index contributed by atoms with van der Waals surface area (Å²) in [6, 6.07) is 5.22. The maximum absolute atomic E-state index is 13.1. The van der Waals surface area contributed by atoms with E-state index >= 15 is 0 Å². The van der Waals surface area contributed by atoms with Gasteiger partial charge in [0.25, 0.3) is 0 Å². The molecule has 0 fully saturated rings. The minimum absolute atomic E-state index is 0.176. The lowest BCUT2D eigenvalue weighted by Crippen LogP contribution is -2.26. The molecule has 0 aliphatic carbocycles. The number of halogens is 1. The Balaban J connectivity index is 2.86. The molecule has 2 nitrogen and oxygen atoms in total. The minimum atomic E-state index is -0.176. The van der Waals surface area contributed by atoms with E-state index < -0.39 is 0 Å². The van der Waals surface area contributed by atoms with Crippen LogP contribution in [0.4, 0.5) is 4.39 Å². The van der Waals surface area contributed by atoms with Gasteiger partial charge in [0.05, 0.1) is 6.10 Å². The number of benzene rings is 1. The molecule has 0 bridgehead atoms. The summed E-state index contributed by atoms with van der Waals surface area (Å²) in [5.41, 5.74) is 2.15. The van der Waals surface area contributed by atoms with Crippen LogP contribution in [-0.4, -0.2) is 19.8 Å². The van der Waals surface area contributed by atoms with Crippen LogP contribution in [0.1, 0.15) is 43.9 Å². The lowest BCUT2D eigenvalue weighted by atomic mass is 9.96. The minimum Gasteiger partial charge on any atom is -0.382 e. The SMILES string of the molecule is CCCNC(CC(C)OC)c1ccc(F)cc1C. The summed E-state index contributed by atoms with van der Waals surface area (Å²) in [5.74, 6) is -0.176. The van der Waals surface area contributed by atoms with Gasteiger partial charge in [-0.1, -0.05) is 13.0 Å². The molecule has 0 amide bonds. The normalized spacial score (nSPS) is 14.5. The van der Waals surface area contributed by atoms with Gasteiger partial charge in [-0.3, -0.25) is 0 Å². The van der Waals surface area contributed by atoms with Gasteiger partial charge in [0, 0.05) is 13.2 Å². The third-order valence-corrected chi connectivity index (χ3v) is 3.22. The van der Waals surface area contributed by atoms with Crippen LogP contribution in [0, 0.1) is 12.7 Å². The van der Waals surface area contributed by atoms with Crippen LogP contribution >= 0.6 is 0 Å². The number of methoxy groups -OCH3 is 1. The van der Waals surface area contributed by atoms with E-state index in [9.17, 15) is 4.39 Å². The Morgan fingerprint density at radius 2 is 2.11 bits per heavy atom. The van der Waals surface area contributed by atoms with Crippen molar-refractivity contribution < 1.29 is 9.13 Å². The summed E-state index contributed by atoms with van der Waals surface area (Å²) in [4.78, 5) is 0. The van der Waals surface area contributed by atoms with Crippen molar-refractivity contribution in [2.24, 2.45) is 0 Å². The maximum atomic E-state index is 13.1. The molecule has 1 rings (SSSR count). The summed E-state index contributed by atoms with van der Waals surface area (Å²) in [6.45, 7) is 7.11. The molecule has 1 N–H and O–H groups in total. The van der Waals surface area contributed by atoms with Gasteiger partial charge in [-0.2, -0.15) is 0 Å². The van der Waals surface area contributed by atoms with Gasteiger partial charge in [-0.25, -0.2) is 4.39 Å². The van der Waals surface area contributed by atoms with Gasteiger partial charge in [0.15, 0.2) is 0 Å². The quantitative estimate of drug-likeness (QED) is 0.801. The van der Waals surface area contributed by atoms with Crippen LogP contribution in [0.25, 0.3) is 0 Å². The predicted molar refractivity (Wildman–Crippen MR) is 73.3 cm³/mol. The molecule has 1 aromatic carbocycles. The Labute approximate surface area is 110 Å². The molecule has 1 aromatic rings.